The van der Waals surface area contributed by atoms with Gasteiger partial charge in [0.05, 0.1) is 11.4 Å². The van der Waals surface area contributed by atoms with Crippen molar-refractivity contribution in [3.63, 3.8) is 0 Å². The van der Waals surface area contributed by atoms with E-state index in [4.69, 9.17) is 0 Å². The Labute approximate surface area is 126 Å². The molecule has 0 aliphatic heterocycles. The number of hydrogen-bond acceptors (Lipinski definition) is 3. The number of hydrogen-bond donors (Lipinski definition) is 2. The molecule has 1 aromatic rings. The third-order valence-corrected chi connectivity index (χ3v) is 4.14. The van der Waals surface area contributed by atoms with Crippen molar-refractivity contribution in [2.45, 2.75) is 50.4 Å². The number of thioether (sulfide) groups is 1. The molecule has 0 saturated heterocycles. The Morgan fingerprint density at radius 3 is 2.60 bits per heavy atom. The van der Waals surface area contributed by atoms with Gasteiger partial charge in [-0.25, -0.2) is 0 Å². The van der Waals surface area contributed by atoms with Gasteiger partial charge in [-0.15, -0.1) is 11.8 Å². The molecule has 0 saturated carbocycles. The predicted molar refractivity (Wildman–Crippen MR) is 84.9 cm³/mol. The molecule has 0 aliphatic rings. The number of carbonyl (C=O) groups excluding carboxylic acids is 1. The van der Waals surface area contributed by atoms with Crippen molar-refractivity contribution in [1.29, 1.82) is 0 Å². The second-order valence-corrected chi connectivity index (χ2v) is 6.90. The zero-order chi connectivity index (χ0) is 15.1. The molecule has 0 aliphatic carbocycles. The van der Waals surface area contributed by atoms with Gasteiger partial charge in [0.1, 0.15) is 0 Å². The predicted octanol–water partition coefficient (Wildman–Crippen LogP) is 3.38. The molecule has 1 amide bonds. The van der Waals surface area contributed by atoms with E-state index in [1.807, 2.05) is 31.2 Å². The average Bonchev–Trinajstić information content (AvgIpc) is 2.38. The van der Waals surface area contributed by atoms with Crippen LogP contribution in [0.2, 0.25) is 0 Å². The summed E-state index contributed by atoms with van der Waals surface area (Å²) in [6.45, 7) is 8.67. The molecule has 0 aromatic heterocycles. The third kappa shape index (κ3) is 5.97. The highest BCUT2D eigenvalue weighted by Gasteiger charge is 2.14. The van der Waals surface area contributed by atoms with Gasteiger partial charge >= 0.3 is 0 Å². The maximum Gasteiger partial charge on any atom is 0.233 e. The Morgan fingerprint density at radius 2 is 2.00 bits per heavy atom. The lowest BCUT2D eigenvalue weighted by Crippen LogP contribution is -2.32. The number of nitrogens with one attached hydrogen (secondary N) is 1. The van der Waals surface area contributed by atoms with Crippen LogP contribution in [0, 0.1) is 5.92 Å². The second kappa shape index (κ2) is 8.32. The van der Waals surface area contributed by atoms with Crippen LogP contribution in [0.4, 0.5) is 0 Å². The van der Waals surface area contributed by atoms with E-state index in [-0.39, 0.29) is 11.2 Å². The first-order chi connectivity index (χ1) is 9.40. The summed E-state index contributed by atoms with van der Waals surface area (Å²) in [5.41, 5.74) is 0.877. The van der Waals surface area contributed by atoms with Crippen LogP contribution < -0.4 is 5.32 Å². The van der Waals surface area contributed by atoms with Crippen LogP contribution in [0.15, 0.2) is 29.2 Å². The van der Waals surface area contributed by atoms with Gasteiger partial charge in [-0.2, -0.15) is 0 Å². The molecular formula is C16H25NO2S. The molecule has 20 heavy (non-hydrogen) atoms. The van der Waals surface area contributed by atoms with Gasteiger partial charge < -0.3 is 10.4 Å². The largest absolute Gasteiger partial charge is 0.389 e. The highest BCUT2D eigenvalue weighted by molar-refractivity contribution is 8.00. The lowest BCUT2D eigenvalue weighted by molar-refractivity contribution is -0.120. The third-order valence-electron chi connectivity index (χ3n) is 3.04. The molecule has 1 rings (SSSR count). The lowest BCUT2D eigenvalue weighted by atomic mass is 10.1. The summed E-state index contributed by atoms with van der Waals surface area (Å²) in [5, 5.41) is 12.4. The van der Waals surface area contributed by atoms with E-state index in [0.29, 0.717) is 5.92 Å². The summed E-state index contributed by atoms with van der Waals surface area (Å²) in [4.78, 5) is 13.0. The summed E-state index contributed by atoms with van der Waals surface area (Å²) < 4.78 is 0. The standard InChI is InChI=1S/C16H25NO2S/c1-11(2)8-9-17-16(19)13(4)20-15-7-5-6-14(10-15)12(3)18/h5-7,10-13,18H,8-9H2,1-4H3,(H,17,19). The minimum atomic E-state index is -0.481. The molecule has 2 unspecified atom stereocenters. The fourth-order valence-electron chi connectivity index (χ4n) is 1.73. The Morgan fingerprint density at radius 1 is 1.30 bits per heavy atom. The zero-order valence-corrected chi connectivity index (χ0v) is 13.5. The highest BCUT2D eigenvalue weighted by atomic mass is 32.2. The second-order valence-electron chi connectivity index (χ2n) is 5.48. The molecule has 0 heterocycles. The van der Waals surface area contributed by atoms with Crippen LogP contribution in [0.3, 0.4) is 0 Å². The SMILES string of the molecule is CC(C)CCNC(=O)C(C)Sc1cccc(C(C)O)c1. The van der Waals surface area contributed by atoms with Crippen LogP contribution in [0.5, 0.6) is 0 Å². The smallest absolute Gasteiger partial charge is 0.233 e. The van der Waals surface area contributed by atoms with Crippen molar-refractivity contribution in [3.05, 3.63) is 29.8 Å². The minimum Gasteiger partial charge on any atom is -0.389 e. The van der Waals surface area contributed by atoms with E-state index >= 15 is 0 Å². The maximum absolute atomic E-state index is 12.0. The Kier molecular flexibility index (Phi) is 7.10. The summed E-state index contributed by atoms with van der Waals surface area (Å²) in [6, 6.07) is 7.71. The first-order valence-electron chi connectivity index (χ1n) is 7.12. The molecule has 1 aromatic carbocycles. The van der Waals surface area contributed by atoms with E-state index in [9.17, 15) is 9.90 Å². The zero-order valence-electron chi connectivity index (χ0n) is 12.7. The van der Waals surface area contributed by atoms with Gasteiger partial charge in [0.2, 0.25) is 5.91 Å². The van der Waals surface area contributed by atoms with E-state index in [2.05, 4.69) is 19.2 Å². The maximum atomic E-state index is 12.0. The van der Waals surface area contributed by atoms with Gasteiger partial charge in [0, 0.05) is 11.4 Å². The van der Waals surface area contributed by atoms with Crippen molar-refractivity contribution < 1.29 is 9.90 Å². The van der Waals surface area contributed by atoms with Crippen LogP contribution in [-0.4, -0.2) is 22.8 Å². The summed E-state index contributed by atoms with van der Waals surface area (Å²) >= 11 is 1.52. The van der Waals surface area contributed by atoms with Crippen LogP contribution >= 0.6 is 11.8 Å². The molecule has 0 radical (unpaired) electrons. The monoisotopic (exact) mass is 295 g/mol. The van der Waals surface area contributed by atoms with Crippen molar-refractivity contribution in [3.8, 4) is 0 Å². The molecule has 0 bridgehead atoms. The van der Waals surface area contributed by atoms with Gasteiger partial charge in [-0.1, -0.05) is 26.0 Å². The molecule has 0 fully saturated rings. The highest BCUT2D eigenvalue weighted by Crippen LogP contribution is 2.26. The van der Waals surface area contributed by atoms with Crippen molar-refractivity contribution in [2.75, 3.05) is 6.54 Å². The van der Waals surface area contributed by atoms with Crippen LogP contribution in [-0.2, 0) is 4.79 Å². The minimum absolute atomic E-state index is 0.0677. The topological polar surface area (TPSA) is 49.3 Å². The van der Waals surface area contributed by atoms with Gasteiger partial charge in [-0.3, -0.25) is 4.79 Å². The first-order valence-corrected chi connectivity index (χ1v) is 8.00. The van der Waals surface area contributed by atoms with E-state index < -0.39 is 6.10 Å². The number of aliphatic hydroxyl groups excluding tert-OH is 1. The fraction of sp³-hybridized carbons (Fsp3) is 0.562. The molecule has 4 heteroatoms. The number of benzene rings is 1. The Balaban J connectivity index is 2.50. The van der Waals surface area contributed by atoms with E-state index in [0.717, 1.165) is 23.4 Å². The lowest BCUT2D eigenvalue weighted by Gasteiger charge is -2.14. The summed E-state index contributed by atoms with van der Waals surface area (Å²) in [6.07, 6.45) is 0.520. The quantitative estimate of drug-likeness (QED) is 0.758. The number of rotatable bonds is 7. The van der Waals surface area contributed by atoms with Gasteiger partial charge in [0.15, 0.2) is 0 Å². The van der Waals surface area contributed by atoms with Gasteiger partial charge in [-0.05, 0) is 43.9 Å². The normalized spacial score (nSPS) is 14.1. The number of amides is 1. The summed E-state index contributed by atoms with van der Waals surface area (Å²) in [5.74, 6) is 0.666. The summed E-state index contributed by atoms with van der Waals surface area (Å²) in [7, 11) is 0. The van der Waals surface area contributed by atoms with Crippen LogP contribution in [0.1, 0.15) is 45.8 Å². The molecule has 112 valence electrons. The molecule has 2 N–H and O–H groups in total. The average molecular weight is 295 g/mol. The first kappa shape index (κ1) is 17.1. The van der Waals surface area contributed by atoms with Crippen molar-refractivity contribution in [1.82, 2.24) is 5.32 Å². The number of aliphatic hydroxyl groups is 1. The van der Waals surface area contributed by atoms with E-state index in [1.165, 1.54) is 11.8 Å². The fourth-order valence-corrected chi connectivity index (χ4v) is 2.69. The van der Waals surface area contributed by atoms with Crippen molar-refractivity contribution in [2.24, 2.45) is 5.92 Å². The van der Waals surface area contributed by atoms with Gasteiger partial charge in [0.25, 0.3) is 0 Å². The molecule has 3 nitrogen and oxygen atoms in total. The molecule has 2 atom stereocenters. The van der Waals surface area contributed by atoms with Crippen LogP contribution in [0.25, 0.3) is 0 Å². The Bertz CT molecular complexity index is 432. The molecular weight excluding hydrogens is 270 g/mol. The molecule has 0 spiro atoms. The Hall–Kier alpha value is -1.00. The van der Waals surface area contributed by atoms with E-state index in [1.54, 1.807) is 6.92 Å². The van der Waals surface area contributed by atoms with Crippen molar-refractivity contribution >= 4 is 17.7 Å². The number of carbonyl (C=O) groups is 1.